The molecule has 0 aliphatic heterocycles. The van der Waals surface area contributed by atoms with Crippen molar-refractivity contribution in [2.45, 2.75) is 12.8 Å². The second-order valence-electron chi connectivity index (χ2n) is 4.13. The lowest BCUT2D eigenvalue weighted by molar-refractivity contribution is 0.414. The first-order chi connectivity index (χ1) is 8.72. The summed E-state index contributed by atoms with van der Waals surface area (Å²) < 4.78 is 6.92. The van der Waals surface area contributed by atoms with E-state index in [0.717, 1.165) is 30.2 Å². The predicted molar refractivity (Wildman–Crippen MR) is 69.6 cm³/mol. The van der Waals surface area contributed by atoms with Gasteiger partial charge in [0.15, 0.2) is 5.82 Å². The van der Waals surface area contributed by atoms with Gasteiger partial charge in [-0.3, -0.25) is 4.68 Å². The summed E-state index contributed by atoms with van der Waals surface area (Å²) in [6.45, 7) is 0.592. The molecule has 0 amide bonds. The number of hydrogen-bond donors (Lipinski definition) is 1. The van der Waals surface area contributed by atoms with Crippen LogP contribution in [0.3, 0.4) is 0 Å². The normalized spacial score (nSPS) is 10.6. The molecule has 18 heavy (non-hydrogen) atoms. The van der Waals surface area contributed by atoms with Crippen molar-refractivity contribution in [3.05, 3.63) is 41.5 Å². The molecule has 2 rings (SSSR count). The second-order valence-corrected chi connectivity index (χ2v) is 4.13. The number of nitrogens with two attached hydrogens (primary N) is 1. The van der Waals surface area contributed by atoms with Gasteiger partial charge in [0.1, 0.15) is 11.6 Å². The first-order valence-corrected chi connectivity index (χ1v) is 5.94. The van der Waals surface area contributed by atoms with Crippen molar-refractivity contribution in [3.8, 4) is 5.75 Å². The van der Waals surface area contributed by atoms with Crippen molar-refractivity contribution in [2.75, 3.05) is 13.7 Å². The molecule has 0 aliphatic rings. The van der Waals surface area contributed by atoms with Crippen LogP contribution in [0.2, 0.25) is 0 Å². The zero-order valence-electron chi connectivity index (χ0n) is 10.8. The third-order valence-corrected chi connectivity index (χ3v) is 2.79. The van der Waals surface area contributed by atoms with Crippen LogP contribution in [0.25, 0.3) is 0 Å². The van der Waals surface area contributed by atoms with Crippen LogP contribution < -0.4 is 10.5 Å². The van der Waals surface area contributed by atoms with E-state index in [1.807, 2.05) is 31.3 Å². The van der Waals surface area contributed by atoms with Gasteiger partial charge in [0.25, 0.3) is 0 Å². The molecule has 0 atom stereocenters. The predicted octanol–water partition coefficient (Wildman–Crippen LogP) is 0.916. The maximum Gasteiger partial charge on any atom is 0.155 e. The van der Waals surface area contributed by atoms with Gasteiger partial charge >= 0.3 is 0 Å². The van der Waals surface area contributed by atoms with Gasteiger partial charge in [-0.25, -0.2) is 4.98 Å². The quantitative estimate of drug-likeness (QED) is 0.851. The van der Waals surface area contributed by atoms with Crippen LogP contribution in [0.1, 0.15) is 17.2 Å². The van der Waals surface area contributed by atoms with Crippen molar-refractivity contribution in [1.29, 1.82) is 0 Å². The molecular weight excluding hydrogens is 228 g/mol. The van der Waals surface area contributed by atoms with Crippen LogP contribution in [0, 0.1) is 0 Å². The molecule has 5 heteroatoms. The molecule has 0 aliphatic carbocycles. The molecule has 0 spiro atoms. The van der Waals surface area contributed by atoms with Gasteiger partial charge in [0.05, 0.1) is 7.11 Å². The van der Waals surface area contributed by atoms with E-state index in [9.17, 15) is 0 Å². The van der Waals surface area contributed by atoms with E-state index in [4.69, 9.17) is 10.5 Å². The third-order valence-electron chi connectivity index (χ3n) is 2.79. The summed E-state index contributed by atoms with van der Waals surface area (Å²) in [5.41, 5.74) is 6.70. The number of aromatic nitrogens is 3. The summed E-state index contributed by atoms with van der Waals surface area (Å²) in [4.78, 5) is 4.48. The van der Waals surface area contributed by atoms with Crippen molar-refractivity contribution in [3.63, 3.8) is 0 Å². The second kappa shape index (κ2) is 5.64. The highest BCUT2D eigenvalue weighted by Crippen LogP contribution is 2.13. The molecular formula is C13H18N4O. The fraction of sp³-hybridized carbons (Fsp3) is 0.385. The van der Waals surface area contributed by atoms with E-state index in [1.165, 1.54) is 5.56 Å². The fourth-order valence-electron chi connectivity index (χ4n) is 1.82. The minimum Gasteiger partial charge on any atom is -0.497 e. The molecule has 2 aromatic rings. The van der Waals surface area contributed by atoms with Gasteiger partial charge in [-0.2, -0.15) is 5.10 Å². The number of benzene rings is 1. The van der Waals surface area contributed by atoms with E-state index in [1.54, 1.807) is 11.8 Å². The minimum atomic E-state index is 0.592. The summed E-state index contributed by atoms with van der Waals surface area (Å²) in [5, 5.41) is 4.39. The zero-order valence-corrected chi connectivity index (χ0v) is 10.8. The molecule has 2 N–H and O–H groups in total. The maximum absolute atomic E-state index is 5.53. The first kappa shape index (κ1) is 12.6. The summed E-state index contributed by atoms with van der Waals surface area (Å²) in [7, 11) is 3.56. The van der Waals surface area contributed by atoms with Crippen LogP contribution in [0.4, 0.5) is 0 Å². The van der Waals surface area contributed by atoms with Crippen molar-refractivity contribution >= 4 is 0 Å². The molecule has 1 aromatic heterocycles. The standard InChI is InChI=1S/C13H18N4O/c1-17-13(7-8-14)15-12(16-17)9-10-3-5-11(18-2)6-4-10/h3-6H,7-9,14H2,1-2H3. The SMILES string of the molecule is COc1ccc(Cc2nc(CCN)n(C)n2)cc1. The highest BCUT2D eigenvalue weighted by molar-refractivity contribution is 5.28. The Kier molecular flexibility index (Phi) is 3.94. The lowest BCUT2D eigenvalue weighted by Gasteiger charge is -2.00. The molecule has 1 aromatic carbocycles. The molecule has 1 heterocycles. The number of rotatable bonds is 5. The van der Waals surface area contributed by atoms with Crippen LogP contribution in [0.5, 0.6) is 5.75 Å². The number of hydrogen-bond acceptors (Lipinski definition) is 4. The van der Waals surface area contributed by atoms with Crippen molar-refractivity contribution in [1.82, 2.24) is 14.8 Å². The van der Waals surface area contributed by atoms with Gasteiger partial charge < -0.3 is 10.5 Å². The monoisotopic (exact) mass is 246 g/mol. The molecule has 0 saturated carbocycles. The molecule has 0 unspecified atom stereocenters. The molecule has 0 saturated heterocycles. The largest absolute Gasteiger partial charge is 0.497 e. The summed E-state index contributed by atoms with van der Waals surface area (Å²) in [5.74, 6) is 2.61. The zero-order chi connectivity index (χ0) is 13.0. The molecule has 5 nitrogen and oxygen atoms in total. The minimum absolute atomic E-state index is 0.592. The first-order valence-electron chi connectivity index (χ1n) is 5.94. The Labute approximate surface area is 107 Å². The summed E-state index contributed by atoms with van der Waals surface area (Å²) >= 11 is 0. The number of aryl methyl sites for hydroxylation is 1. The van der Waals surface area contributed by atoms with E-state index in [2.05, 4.69) is 10.1 Å². The Balaban J connectivity index is 2.10. The molecule has 0 fully saturated rings. The maximum atomic E-state index is 5.53. The summed E-state index contributed by atoms with van der Waals surface area (Å²) in [6, 6.07) is 7.94. The van der Waals surface area contributed by atoms with Crippen LogP contribution >= 0.6 is 0 Å². The Morgan fingerprint density at radius 2 is 2.00 bits per heavy atom. The molecule has 0 bridgehead atoms. The number of ether oxygens (including phenoxy) is 1. The van der Waals surface area contributed by atoms with Gasteiger partial charge in [0.2, 0.25) is 0 Å². The average Bonchev–Trinajstić information content (AvgIpc) is 2.71. The van der Waals surface area contributed by atoms with E-state index >= 15 is 0 Å². The van der Waals surface area contributed by atoms with Gasteiger partial charge in [0, 0.05) is 19.9 Å². The van der Waals surface area contributed by atoms with Crippen LogP contribution in [-0.4, -0.2) is 28.4 Å². The topological polar surface area (TPSA) is 66.0 Å². The highest BCUT2D eigenvalue weighted by atomic mass is 16.5. The lowest BCUT2D eigenvalue weighted by atomic mass is 10.1. The smallest absolute Gasteiger partial charge is 0.155 e. The molecule has 96 valence electrons. The van der Waals surface area contributed by atoms with E-state index in [0.29, 0.717) is 6.54 Å². The average molecular weight is 246 g/mol. The Hall–Kier alpha value is -1.88. The third kappa shape index (κ3) is 2.87. The van der Waals surface area contributed by atoms with Gasteiger partial charge in [-0.15, -0.1) is 0 Å². The Morgan fingerprint density at radius 3 is 2.61 bits per heavy atom. The van der Waals surface area contributed by atoms with E-state index in [-0.39, 0.29) is 0 Å². The lowest BCUT2D eigenvalue weighted by Crippen LogP contribution is -2.08. The van der Waals surface area contributed by atoms with Crippen molar-refractivity contribution in [2.24, 2.45) is 12.8 Å². The van der Waals surface area contributed by atoms with Gasteiger partial charge in [-0.05, 0) is 24.2 Å². The Morgan fingerprint density at radius 1 is 1.28 bits per heavy atom. The summed E-state index contributed by atoms with van der Waals surface area (Å²) in [6.07, 6.45) is 1.48. The van der Waals surface area contributed by atoms with Crippen LogP contribution in [-0.2, 0) is 19.9 Å². The molecule has 0 radical (unpaired) electrons. The van der Waals surface area contributed by atoms with E-state index < -0.39 is 0 Å². The number of methoxy groups -OCH3 is 1. The highest BCUT2D eigenvalue weighted by Gasteiger charge is 2.07. The van der Waals surface area contributed by atoms with Crippen LogP contribution in [0.15, 0.2) is 24.3 Å². The van der Waals surface area contributed by atoms with Crippen molar-refractivity contribution < 1.29 is 4.74 Å². The van der Waals surface area contributed by atoms with Gasteiger partial charge in [-0.1, -0.05) is 12.1 Å². The number of nitrogens with zero attached hydrogens (tertiary/aromatic N) is 3. The fourth-order valence-corrected chi connectivity index (χ4v) is 1.82. The Bertz CT molecular complexity index is 504.